The van der Waals surface area contributed by atoms with Gasteiger partial charge < -0.3 is 0 Å². The fourth-order valence-electron chi connectivity index (χ4n) is 1.53. The summed E-state index contributed by atoms with van der Waals surface area (Å²) in [5.74, 6) is 2.71. The Morgan fingerprint density at radius 1 is 1.29 bits per heavy atom. The van der Waals surface area contributed by atoms with Gasteiger partial charge in [-0.25, -0.2) is 0 Å². The minimum Gasteiger partial charge on any atom is -0.293 e. The van der Waals surface area contributed by atoms with Crippen LogP contribution in [0.3, 0.4) is 0 Å². The van der Waals surface area contributed by atoms with E-state index in [4.69, 9.17) is 6.42 Å². The summed E-state index contributed by atoms with van der Waals surface area (Å²) < 4.78 is 0. The summed E-state index contributed by atoms with van der Waals surface area (Å²) in [4.78, 5) is 14.1. The topological polar surface area (TPSA) is 20.3 Å². The molecule has 0 saturated carbocycles. The predicted molar refractivity (Wildman–Crippen MR) is 70.9 cm³/mol. The molecule has 1 aromatic rings. The highest BCUT2D eigenvalue weighted by Crippen LogP contribution is 2.13. The van der Waals surface area contributed by atoms with Crippen molar-refractivity contribution in [2.75, 3.05) is 13.1 Å². The van der Waals surface area contributed by atoms with Gasteiger partial charge in [-0.1, -0.05) is 36.3 Å². The summed E-state index contributed by atoms with van der Waals surface area (Å²) in [5, 5.41) is 0. The van der Waals surface area contributed by atoms with Gasteiger partial charge in [0.15, 0.2) is 5.78 Å². The summed E-state index contributed by atoms with van der Waals surface area (Å²) >= 11 is 0. The van der Waals surface area contributed by atoms with E-state index < -0.39 is 0 Å². The highest BCUT2D eigenvalue weighted by molar-refractivity contribution is 5.97. The second-order valence-electron chi connectivity index (χ2n) is 5.02. The van der Waals surface area contributed by atoms with Crippen LogP contribution in [0.15, 0.2) is 30.3 Å². The zero-order valence-electron chi connectivity index (χ0n) is 10.7. The van der Waals surface area contributed by atoms with Gasteiger partial charge >= 0.3 is 0 Å². The van der Waals surface area contributed by atoms with Gasteiger partial charge in [-0.05, 0) is 20.8 Å². The molecule has 0 fully saturated rings. The van der Waals surface area contributed by atoms with Crippen molar-refractivity contribution in [3.8, 4) is 12.3 Å². The maximum atomic E-state index is 12.1. The Balaban J connectivity index is 2.76. The lowest BCUT2D eigenvalue weighted by molar-refractivity contribution is 0.0849. The van der Waals surface area contributed by atoms with E-state index >= 15 is 0 Å². The Labute approximate surface area is 104 Å². The van der Waals surface area contributed by atoms with Crippen molar-refractivity contribution in [1.29, 1.82) is 0 Å². The zero-order valence-corrected chi connectivity index (χ0v) is 10.7. The van der Waals surface area contributed by atoms with E-state index in [-0.39, 0.29) is 11.3 Å². The lowest BCUT2D eigenvalue weighted by Crippen LogP contribution is -2.44. The number of benzene rings is 1. The van der Waals surface area contributed by atoms with Crippen molar-refractivity contribution < 1.29 is 4.79 Å². The first-order valence-corrected chi connectivity index (χ1v) is 5.72. The molecule has 0 bridgehead atoms. The second-order valence-corrected chi connectivity index (χ2v) is 5.02. The van der Waals surface area contributed by atoms with Crippen molar-refractivity contribution in [3.63, 3.8) is 0 Å². The zero-order chi connectivity index (χ0) is 12.9. The van der Waals surface area contributed by atoms with E-state index in [1.54, 1.807) is 0 Å². The number of hydrogen-bond donors (Lipinski definition) is 0. The van der Waals surface area contributed by atoms with E-state index in [2.05, 4.69) is 26.7 Å². The van der Waals surface area contributed by atoms with Crippen LogP contribution in [-0.2, 0) is 0 Å². The molecule has 2 nitrogen and oxygen atoms in total. The molecule has 0 aromatic heterocycles. The molecular weight excluding hydrogens is 210 g/mol. The standard InChI is InChI=1S/C15H19NO/c1-5-11-16(15(2,3)4)12-14(17)13-9-7-6-8-10-13/h1,6-10H,11-12H2,2-4H3. The van der Waals surface area contributed by atoms with E-state index in [0.717, 1.165) is 5.56 Å². The molecule has 90 valence electrons. The van der Waals surface area contributed by atoms with Crippen molar-refractivity contribution in [1.82, 2.24) is 4.90 Å². The maximum Gasteiger partial charge on any atom is 0.176 e. The molecule has 0 unspecified atom stereocenters. The number of carbonyl (C=O) groups is 1. The second kappa shape index (κ2) is 5.65. The van der Waals surface area contributed by atoms with Crippen LogP contribution in [0.1, 0.15) is 31.1 Å². The molecule has 2 heteroatoms. The fraction of sp³-hybridized carbons (Fsp3) is 0.400. The molecule has 1 rings (SSSR count). The van der Waals surface area contributed by atoms with Crippen LogP contribution in [0.5, 0.6) is 0 Å². The summed E-state index contributed by atoms with van der Waals surface area (Å²) in [6.45, 7) is 7.02. The average Bonchev–Trinajstić information content (AvgIpc) is 2.28. The van der Waals surface area contributed by atoms with Gasteiger partial charge in [0.05, 0.1) is 13.1 Å². The van der Waals surface area contributed by atoms with Crippen molar-refractivity contribution >= 4 is 5.78 Å². The first-order valence-electron chi connectivity index (χ1n) is 5.72. The quantitative estimate of drug-likeness (QED) is 0.584. The van der Waals surface area contributed by atoms with Crippen LogP contribution >= 0.6 is 0 Å². The van der Waals surface area contributed by atoms with E-state index in [0.29, 0.717) is 13.1 Å². The highest BCUT2D eigenvalue weighted by Gasteiger charge is 2.23. The van der Waals surface area contributed by atoms with Gasteiger partial charge in [0, 0.05) is 11.1 Å². The first kappa shape index (κ1) is 13.5. The van der Waals surface area contributed by atoms with Crippen molar-refractivity contribution in [2.24, 2.45) is 0 Å². The number of rotatable bonds is 4. The van der Waals surface area contributed by atoms with Crippen molar-refractivity contribution in [3.05, 3.63) is 35.9 Å². The highest BCUT2D eigenvalue weighted by atomic mass is 16.1. The van der Waals surface area contributed by atoms with Crippen LogP contribution in [0.25, 0.3) is 0 Å². The summed E-state index contributed by atoms with van der Waals surface area (Å²) in [5.41, 5.74) is 0.635. The fourth-order valence-corrected chi connectivity index (χ4v) is 1.53. The van der Waals surface area contributed by atoms with E-state index in [1.807, 2.05) is 35.2 Å². The Morgan fingerprint density at radius 3 is 2.35 bits per heavy atom. The normalized spacial score (nSPS) is 11.2. The van der Waals surface area contributed by atoms with Crippen LogP contribution in [0, 0.1) is 12.3 Å². The Morgan fingerprint density at radius 2 is 1.88 bits per heavy atom. The van der Waals surface area contributed by atoms with Gasteiger partial charge in [0.25, 0.3) is 0 Å². The molecule has 0 N–H and O–H groups in total. The number of Topliss-reactive ketones (excluding diaryl/α,β-unsaturated/α-hetero) is 1. The van der Waals surface area contributed by atoms with Crippen LogP contribution in [-0.4, -0.2) is 29.3 Å². The molecule has 0 spiro atoms. The molecule has 17 heavy (non-hydrogen) atoms. The molecule has 0 aliphatic heterocycles. The first-order chi connectivity index (χ1) is 7.95. The average molecular weight is 229 g/mol. The molecule has 0 amide bonds. The van der Waals surface area contributed by atoms with Gasteiger partial charge in [0.2, 0.25) is 0 Å². The predicted octanol–water partition coefficient (Wildman–Crippen LogP) is 2.60. The van der Waals surface area contributed by atoms with E-state index in [1.165, 1.54) is 0 Å². The third-order valence-corrected chi connectivity index (χ3v) is 2.66. The van der Waals surface area contributed by atoms with E-state index in [9.17, 15) is 4.79 Å². The Hall–Kier alpha value is -1.59. The molecule has 0 aliphatic rings. The Bertz CT molecular complexity index is 409. The molecule has 0 radical (unpaired) electrons. The number of ketones is 1. The van der Waals surface area contributed by atoms with Crippen LogP contribution in [0.2, 0.25) is 0 Å². The monoisotopic (exact) mass is 229 g/mol. The van der Waals surface area contributed by atoms with Gasteiger partial charge in [-0.3, -0.25) is 9.69 Å². The molecule has 1 aromatic carbocycles. The molecule has 0 heterocycles. The van der Waals surface area contributed by atoms with Crippen molar-refractivity contribution in [2.45, 2.75) is 26.3 Å². The minimum atomic E-state index is -0.100. The SMILES string of the molecule is C#CCN(CC(=O)c1ccccc1)C(C)(C)C. The maximum absolute atomic E-state index is 12.1. The molecular formula is C15H19NO. The molecule has 0 saturated heterocycles. The van der Waals surface area contributed by atoms with Crippen LogP contribution < -0.4 is 0 Å². The van der Waals surface area contributed by atoms with Gasteiger partial charge in [-0.2, -0.15) is 0 Å². The van der Waals surface area contributed by atoms with Gasteiger partial charge in [0.1, 0.15) is 0 Å². The van der Waals surface area contributed by atoms with Crippen LogP contribution in [0.4, 0.5) is 0 Å². The lowest BCUT2D eigenvalue weighted by Gasteiger charge is -2.33. The number of terminal acetylenes is 1. The third kappa shape index (κ3) is 4.05. The Kier molecular flexibility index (Phi) is 4.48. The summed E-state index contributed by atoms with van der Waals surface area (Å²) in [7, 11) is 0. The molecule has 0 atom stereocenters. The van der Waals surface area contributed by atoms with Gasteiger partial charge in [-0.15, -0.1) is 6.42 Å². The lowest BCUT2D eigenvalue weighted by atomic mass is 10.0. The smallest absolute Gasteiger partial charge is 0.176 e. The summed E-state index contributed by atoms with van der Waals surface area (Å²) in [6.07, 6.45) is 5.34. The number of carbonyl (C=O) groups excluding carboxylic acids is 1. The number of hydrogen-bond acceptors (Lipinski definition) is 2. The third-order valence-electron chi connectivity index (χ3n) is 2.66. The number of nitrogens with zero attached hydrogens (tertiary/aromatic N) is 1. The summed E-state index contributed by atoms with van der Waals surface area (Å²) in [6, 6.07) is 9.31. The largest absolute Gasteiger partial charge is 0.293 e. The molecule has 0 aliphatic carbocycles. The minimum absolute atomic E-state index is 0.100.